The fourth-order valence-electron chi connectivity index (χ4n) is 3.23. The maximum absolute atomic E-state index is 11.1. The molecule has 3 atom stereocenters. The van der Waals surface area contributed by atoms with E-state index in [1.807, 2.05) is 18.2 Å². The minimum Gasteiger partial charge on any atom is -0.396 e. The van der Waals surface area contributed by atoms with Crippen LogP contribution in [-0.2, 0) is 16.9 Å². The standard InChI is InChI=1S/C17H20ClNO5/c1-10-14(24-16(21)23-10)9-22-13-7-4-8-17(19,15(13)20)11-5-2-3-6-12(11)18/h2-3,5-6,13,15,20H,4,7-9,19H2,1H3/t13-,15?,17-/m1/s1. The summed E-state index contributed by atoms with van der Waals surface area (Å²) in [5.74, 6) is -0.0758. The number of benzene rings is 1. The minimum atomic E-state index is -0.979. The molecule has 6 nitrogen and oxygen atoms in total. The van der Waals surface area contributed by atoms with Gasteiger partial charge in [0.2, 0.25) is 0 Å². The van der Waals surface area contributed by atoms with Crippen molar-refractivity contribution in [3.63, 3.8) is 0 Å². The van der Waals surface area contributed by atoms with E-state index in [2.05, 4.69) is 0 Å². The molecule has 1 aromatic carbocycles. The van der Waals surface area contributed by atoms with Crippen LogP contribution in [-0.4, -0.2) is 17.3 Å². The zero-order valence-electron chi connectivity index (χ0n) is 13.3. The van der Waals surface area contributed by atoms with Gasteiger partial charge in [-0.15, -0.1) is 0 Å². The van der Waals surface area contributed by atoms with Crippen molar-refractivity contribution in [3.05, 3.63) is 57.0 Å². The Balaban J connectivity index is 1.77. The van der Waals surface area contributed by atoms with Crippen LogP contribution in [0.25, 0.3) is 0 Å². The first-order valence-corrected chi connectivity index (χ1v) is 8.22. The first-order valence-electron chi connectivity index (χ1n) is 7.85. The van der Waals surface area contributed by atoms with Crippen LogP contribution in [0.4, 0.5) is 0 Å². The summed E-state index contributed by atoms with van der Waals surface area (Å²) in [5, 5.41) is 11.3. The minimum absolute atomic E-state index is 0.0396. The molecule has 0 bridgehead atoms. The van der Waals surface area contributed by atoms with E-state index in [4.69, 9.17) is 30.9 Å². The molecule has 0 spiro atoms. The number of rotatable bonds is 4. The average molecular weight is 354 g/mol. The number of nitrogens with two attached hydrogens (primary N) is 1. The predicted octanol–water partition coefficient (Wildman–Crippen LogP) is 2.48. The van der Waals surface area contributed by atoms with Crippen LogP contribution in [0.1, 0.15) is 36.3 Å². The molecule has 3 rings (SSSR count). The van der Waals surface area contributed by atoms with Crippen molar-refractivity contribution >= 4 is 11.6 Å². The molecular formula is C17H20ClNO5. The number of hydrogen-bond donors (Lipinski definition) is 2. The summed E-state index contributed by atoms with van der Waals surface area (Å²) >= 11 is 6.26. The fraction of sp³-hybridized carbons (Fsp3) is 0.471. The maximum atomic E-state index is 11.1. The van der Waals surface area contributed by atoms with Gasteiger partial charge in [0, 0.05) is 5.02 Å². The second-order valence-corrected chi connectivity index (χ2v) is 6.55. The zero-order valence-corrected chi connectivity index (χ0v) is 14.1. The summed E-state index contributed by atoms with van der Waals surface area (Å²) in [4.78, 5) is 11.1. The van der Waals surface area contributed by atoms with Crippen molar-refractivity contribution in [2.45, 2.75) is 50.5 Å². The molecule has 130 valence electrons. The Labute approximate surface area is 144 Å². The Bertz CT molecular complexity index is 770. The van der Waals surface area contributed by atoms with E-state index < -0.39 is 23.6 Å². The Kier molecular flexibility index (Phi) is 4.83. The van der Waals surface area contributed by atoms with Crippen LogP contribution in [0.2, 0.25) is 5.02 Å². The van der Waals surface area contributed by atoms with Gasteiger partial charge in [-0.25, -0.2) is 4.79 Å². The third-order valence-corrected chi connectivity index (χ3v) is 4.93. The lowest BCUT2D eigenvalue weighted by Gasteiger charge is -2.43. The second-order valence-electron chi connectivity index (χ2n) is 6.14. The van der Waals surface area contributed by atoms with Gasteiger partial charge >= 0.3 is 5.82 Å². The molecule has 2 aromatic rings. The summed E-state index contributed by atoms with van der Waals surface area (Å²) in [6.07, 6.45) is 0.644. The van der Waals surface area contributed by atoms with E-state index in [0.717, 1.165) is 6.42 Å². The molecule has 0 aliphatic heterocycles. The van der Waals surface area contributed by atoms with Crippen molar-refractivity contribution in [2.75, 3.05) is 0 Å². The lowest BCUT2D eigenvalue weighted by molar-refractivity contribution is -0.105. The highest BCUT2D eigenvalue weighted by Crippen LogP contribution is 2.39. The van der Waals surface area contributed by atoms with Gasteiger partial charge in [0.1, 0.15) is 18.5 Å². The first kappa shape index (κ1) is 17.2. The lowest BCUT2D eigenvalue weighted by Crippen LogP contribution is -2.56. The van der Waals surface area contributed by atoms with E-state index >= 15 is 0 Å². The van der Waals surface area contributed by atoms with Gasteiger partial charge in [0.25, 0.3) is 0 Å². The summed E-state index contributed by atoms with van der Waals surface area (Å²) in [6.45, 7) is 1.66. The van der Waals surface area contributed by atoms with Crippen molar-refractivity contribution < 1.29 is 18.7 Å². The maximum Gasteiger partial charge on any atom is 0.519 e. The fourth-order valence-corrected chi connectivity index (χ4v) is 3.54. The van der Waals surface area contributed by atoms with Crippen LogP contribution in [0.15, 0.2) is 37.9 Å². The zero-order chi connectivity index (χ0) is 17.3. The molecular weight excluding hydrogens is 334 g/mol. The monoisotopic (exact) mass is 353 g/mol. The van der Waals surface area contributed by atoms with E-state index in [0.29, 0.717) is 34.9 Å². The molecule has 1 heterocycles. The van der Waals surface area contributed by atoms with Crippen LogP contribution >= 0.6 is 11.6 Å². The Morgan fingerprint density at radius 1 is 1.42 bits per heavy atom. The molecule has 7 heteroatoms. The molecule has 24 heavy (non-hydrogen) atoms. The number of aliphatic hydroxyl groups excluding tert-OH is 1. The molecule has 1 aliphatic carbocycles. The average Bonchev–Trinajstić information content (AvgIpc) is 2.87. The molecule has 1 fully saturated rings. The van der Waals surface area contributed by atoms with Crippen LogP contribution in [0.5, 0.6) is 0 Å². The van der Waals surface area contributed by atoms with E-state index in [9.17, 15) is 9.90 Å². The smallest absolute Gasteiger partial charge is 0.396 e. The Morgan fingerprint density at radius 2 is 2.17 bits per heavy atom. The normalized spacial score (nSPS) is 27.3. The lowest BCUT2D eigenvalue weighted by atomic mass is 9.74. The largest absolute Gasteiger partial charge is 0.519 e. The summed E-state index contributed by atoms with van der Waals surface area (Å²) in [6, 6.07) is 7.25. The van der Waals surface area contributed by atoms with Gasteiger partial charge < -0.3 is 24.4 Å². The Morgan fingerprint density at radius 3 is 2.83 bits per heavy atom. The van der Waals surface area contributed by atoms with E-state index in [1.165, 1.54) is 0 Å². The molecule has 1 unspecified atom stereocenters. The third-order valence-electron chi connectivity index (χ3n) is 4.60. The van der Waals surface area contributed by atoms with E-state index in [-0.39, 0.29) is 6.61 Å². The van der Waals surface area contributed by atoms with Crippen molar-refractivity contribution in [2.24, 2.45) is 5.73 Å². The molecule has 3 N–H and O–H groups in total. The first-order chi connectivity index (χ1) is 11.4. The highest BCUT2D eigenvalue weighted by atomic mass is 35.5. The highest BCUT2D eigenvalue weighted by molar-refractivity contribution is 6.31. The van der Waals surface area contributed by atoms with Crippen molar-refractivity contribution in [3.8, 4) is 0 Å². The van der Waals surface area contributed by atoms with E-state index in [1.54, 1.807) is 13.0 Å². The summed E-state index contributed by atoms with van der Waals surface area (Å²) in [5.41, 5.74) is 6.24. The number of ether oxygens (including phenoxy) is 1. The molecule has 0 amide bonds. The molecule has 0 saturated heterocycles. The molecule has 0 radical (unpaired) electrons. The third kappa shape index (κ3) is 3.15. The van der Waals surface area contributed by atoms with Crippen LogP contribution < -0.4 is 11.6 Å². The number of aliphatic hydroxyl groups is 1. The SMILES string of the molecule is Cc1oc(=O)oc1CO[C@@H]1CCC[C@@](N)(c2ccccc2Cl)C1O. The van der Waals surface area contributed by atoms with Crippen LogP contribution in [0.3, 0.4) is 0 Å². The predicted molar refractivity (Wildman–Crippen MR) is 87.7 cm³/mol. The topological polar surface area (TPSA) is 98.8 Å². The number of halogens is 1. The summed E-state index contributed by atoms with van der Waals surface area (Å²) < 4.78 is 15.5. The highest BCUT2D eigenvalue weighted by Gasteiger charge is 2.44. The number of hydrogen-bond acceptors (Lipinski definition) is 6. The number of aryl methyl sites for hydroxylation is 1. The summed E-state index contributed by atoms with van der Waals surface area (Å²) in [7, 11) is 0. The van der Waals surface area contributed by atoms with Gasteiger partial charge in [-0.1, -0.05) is 29.8 Å². The van der Waals surface area contributed by atoms with Gasteiger partial charge in [0.05, 0.1) is 11.6 Å². The van der Waals surface area contributed by atoms with Gasteiger partial charge in [-0.2, -0.15) is 0 Å². The van der Waals surface area contributed by atoms with Gasteiger partial charge in [-0.3, -0.25) is 0 Å². The molecule has 1 aromatic heterocycles. The quantitative estimate of drug-likeness (QED) is 0.876. The van der Waals surface area contributed by atoms with Crippen molar-refractivity contribution in [1.82, 2.24) is 0 Å². The van der Waals surface area contributed by atoms with Crippen LogP contribution in [0, 0.1) is 6.92 Å². The van der Waals surface area contributed by atoms with Crippen molar-refractivity contribution in [1.29, 1.82) is 0 Å². The van der Waals surface area contributed by atoms with Gasteiger partial charge in [-0.05, 0) is 37.8 Å². The second kappa shape index (κ2) is 6.72. The van der Waals surface area contributed by atoms with Gasteiger partial charge in [0.15, 0.2) is 5.76 Å². The Hall–Kier alpha value is -1.60. The molecule has 1 saturated carbocycles. The molecule has 1 aliphatic rings.